The Kier molecular flexibility index (Phi) is 6.83. The van der Waals surface area contributed by atoms with E-state index in [1.807, 2.05) is 42.5 Å². The molecule has 3 aromatic carbocycles. The highest BCUT2D eigenvalue weighted by Gasteiger charge is 2.36. The molecule has 3 aromatic rings. The summed E-state index contributed by atoms with van der Waals surface area (Å²) < 4.78 is 11.0. The molecule has 1 amide bonds. The van der Waals surface area contributed by atoms with E-state index in [-0.39, 0.29) is 18.9 Å². The van der Waals surface area contributed by atoms with Crippen molar-refractivity contribution in [1.29, 1.82) is 0 Å². The van der Waals surface area contributed by atoms with Gasteiger partial charge in [-0.05, 0) is 34.7 Å². The van der Waals surface area contributed by atoms with Crippen LogP contribution in [0.5, 0.6) is 0 Å². The molecule has 0 saturated heterocycles. The van der Waals surface area contributed by atoms with Gasteiger partial charge >= 0.3 is 11.9 Å². The lowest BCUT2D eigenvalue weighted by molar-refractivity contribution is -0.159. The van der Waals surface area contributed by atoms with Crippen LogP contribution in [0.3, 0.4) is 0 Å². The predicted molar refractivity (Wildman–Crippen MR) is 123 cm³/mol. The first-order chi connectivity index (χ1) is 16.1. The van der Waals surface area contributed by atoms with Gasteiger partial charge in [-0.1, -0.05) is 78.9 Å². The maximum absolute atomic E-state index is 13.2. The van der Waals surface area contributed by atoms with Crippen molar-refractivity contribution in [3.8, 4) is 11.1 Å². The topological polar surface area (TPSA) is 81.7 Å². The van der Waals surface area contributed by atoms with Crippen molar-refractivity contribution < 1.29 is 23.9 Å². The molecule has 0 aromatic heterocycles. The highest BCUT2D eigenvalue weighted by molar-refractivity contribution is 5.83. The fourth-order valence-electron chi connectivity index (χ4n) is 4.39. The molecule has 0 radical (unpaired) electrons. The van der Waals surface area contributed by atoms with Crippen LogP contribution >= 0.6 is 0 Å². The standard InChI is InChI=1S/C27H25NO5/c1-2-32-27(31)25(28-17-29)26(18-10-4-3-5-11-18)33-24(30)16-23-21-14-8-6-12-19(21)20-13-7-9-15-22(20)23/h3-15,17,23,25-26H,2,16H2,1H3,(H,28,29)/t25-,26+/m0/s1. The van der Waals surface area contributed by atoms with Crippen LogP contribution in [0.2, 0.25) is 0 Å². The van der Waals surface area contributed by atoms with Gasteiger partial charge in [0.05, 0.1) is 13.0 Å². The highest BCUT2D eigenvalue weighted by atomic mass is 16.6. The second-order valence-corrected chi connectivity index (χ2v) is 7.77. The lowest BCUT2D eigenvalue weighted by Crippen LogP contribution is -2.44. The van der Waals surface area contributed by atoms with Crippen molar-refractivity contribution in [1.82, 2.24) is 5.32 Å². The molecular weight excluding hydrogens is 418 g/mol. The quantitative estimate of drug-likeness (QED) is 0.397. The van der Waals surface area contributed by atoms with E-state index >= 15 is 0 Å². The Bertz CT molecular complexity index is 1100. The number of fused-ring (bicyclic) bond motifs is 3. The zero-order chi connectivity index (χ0) is 23.2. The maximum Gasteiger partial charge on any atom is 0.332 e. The van der Waals surface area contributed by atoms with Crippen LogP contribution in [0.25, 0.3) is 11.1 Å². The van der Waals surface area contributed by atoms with Gasteiger partial charge in [0.25, 0.3) is 0 Å². The summed E-state index contributed by atoms with van der Waals surface area (Å²) in [4.78, 5) is 37.0. The van der Waals surface area contributed by atoms with Crippen LogP contribution in [-0.2, 0) is 23.9 Å². The number of nitrogens with one attached hydrogen (secondary N) is 1. The average molecular weight is 443 g/mol. The van der Waals surface area contributed by atoms with E-state index in [9.17, 15) is 14.4 Å². The summed E-state index contributed by atoms with van der Waals surface area (Å²) in [6, 6.07) is 23.8. The molecule has 4 rings (SSSR count). The predicted octanol–water partition coefficient (Wildman–Crippen LogP) is 4.15. The third-order valence-electron chi connectivity index (χ3n) is 5.81. The van der Waals surface area contributed by atoms with E-state index in [1.165, 1.54) is 0 Å². The molecule has 2 atom stereocenters. The van der Waals surface area contributed by atoms with Crippen molar-refractivity contribution in [2.45, 2.75) is 31.4 Å². The van der Waals surface area contributed by atoms with Gasteiger partial charge in [0.1, 0.15) is 0 Å². The molecule has 0 aliphatic heterocycles. The Hall–Kier alpha value is -3.93. The van der Waals surface area contributed by atoms with Crippen molar-refractivity contribution in [2.75, 3.05) is 6.61 Å². The summed E-state index contributed by atoms with van der Waals surface area (Å²) >= 11 is 0. The normalized spacial score (nSPS) is 13.8. The molecule has 168 valence electrons. The summed E-state index contributed by atoms with van der Waals surface area (Å²) in [7, 11) is 0. The zero-order valence-corrected chi connectivity index (χ0v) is 18.3. The van der Waals surface area contributed by atoms with Gasteiger partial charge in [0.2, 0.25) is 6.41 Å². The van der Waals surface area contributed by atoms with Gasteiger partial charge in [-0.25, -0.2) is 4.79 Å². The van der Waals surface area contributed by atoms with Crippen molar-refractivity contribution in [3.05, 3.63) is 95.6 Å². The number of hydrogen-bond acceptors (Lipinski definition) is 5. The minimum absolute atomic E-state index is 0.105. The Morgan fingerprint density at radius 3 is 2.06 bits per heavy atom. The molecule has 6 nitrogen and oxygen atoms in total. The number of hydrogen-bond donors (Lipinski definition) is 1. The van der Waals surface area contributed by atoms with Crippen LogP contribution < -0.4 is 5.32 Å². The summed E-state index contributed by atoms with van der Waals surface area (Å²) in [6.45, 7) is 1.81. The van der Waals surface area contributed by atoms with Gasteiger partial charge in [-0.3, -0.25) is 9.59 Å². The molecule has 6 heteroatoms. The van der Waals surface area contributed by atoms with E-state index < -0.39 is 24.1 Å². The molecule has 1 aliphatic carbocycles. The Morgan fingerprint density at radius 2 is 1.48 bits per heavy atom. The van der Waals surface area contributed by atoms with Crippen molar-refractivity contribution in [2.24, 2.45) is 0 Å². The third-order valence-corrected chi connectivity index (χ3v) is 5.81. The van der Waals surface area contributed by atoms with Crippen LogP contribution in [-0.4, -0.2) is 31.0 Å². The molecule has 0 fully saturated rings. The minimum atomic E-state index is -1.16. The van der Waals surface area contributed by atoms with Crippen molar-refractivity contribution in [3.63, 3.8) is 0 Å². The van der Waals surface area contributed by atoms with Crippen molar-refractivity contribution >= 4 is 18.3 Å². The number of amides is 1. The van der Waals surface area contributed by atoms with E-state index in [1.54, 1.807) is 31.2 Å². The molecule has 0 unspecified atom stereocenters. The van der Waals surface area contributed by atoms with Crippen LogP contribution in [0.1, 0.15) is 42.1 Å². The molecule has 1 N–H and O–H groups in total. The monoisotopic (exact) mass is 443 g/mol. The lowest BCUT2D eigenvalue weighted by atomic mass is 9.93. The fraction of sp³-hybridized carbons (Fsp3) is 0.222. The first-order valence-electron chi connectivity index (χ1n) is 10.9. The Labute approximate surface area is 192 Å². The zero-order valence-electron chi connectivity index (χ0n) is 18.3. The summed E-state index contributed by atoms with van der Waals surface area (Å²) in [5.74, 6) is -1.29. The van der Waals surface area contributed by atoms with Gasteiger partial charge in [0.15, 0.2) is 12.1 Å². The highest BCUT2D eigenvalue weighted by Crippen LogP contribution is 2.46. The number of rotatable bonds is 9. The van der Waals surface area contributed by atoms with E-state index in [4.69, 9.17) is 9.47 Å². The minimum Gasteiger partial charge on any atom is -0.464 e. The molecule has 0 heterocycles. The third kappa shape index (κ3) is 4.65. The van der Waals surface area contributed by atoms with E-state index in [0.29, 0.717) is 12.0 Å². The summed E-state index contributed by atoms with van der Waals surface area (Å²) in [5, 5.41) is 2.46. The number of ether oxygens (including phenoxy) is 2. The average Bonchev–Trinajstić information content (AvgIpc) is 3.16. The van der Waals surface area contributed by atoms with Gasteiger partial charge in [-0.2, -0.15) is 0 Å². The second kappa shape index (κ2) is 10.1. The first kappa shape index (κ1) is 22.3. The Morgan fingerprint density at radius 1 is 0.909 bits per heavy atom. The fourth-order valence-corrected chi connectivity index (χ4v) is 4.39. The molecular formula is C27H25NO5. The SMILES string of the molecule is CCOC(=O)[C@@H](NC=O)[C@H](OC(=O)CC1c2ccccc2-c2ccccc21)c1ccccc1. The Balaban J connectivity index is 1.61. The van der Waals surface area contributed by atoms with Gasteiger partial charge in [0, 0.05) is 5.92 Å². The second-order valence-electron chi connectivity index (χ2n) is 7.77. The molecule has 0 saturated carbocycles. The maximum atomic E-state index is 13.2. The smallest absolute Gasteiger partial charge is 0.332 e. The largest absolute Gasteiger partial charge is 0.464 e. The first-order valence-corrected chi connectivity index (χ1v) is 10.9. The molecule has 0 spiro atoms. The van der Waals surface area contributed by atoms with Crippen LogP contribution in [0, 0.1) is 0 Å². The number of carbonyl (C=O) groups excluding carboxylic acids is 3. The molecule has 33 heavy (non-hydrogen) atoms. The summed E-state index contributed by atoms with van der Waals surface area (Å²) in [5.41, 5.74) is 4.94. The number of esters is 2. The van der Waals surface area contributed by atoms with Gasteiger partial charge in [-0.15, -0.1) is 0 Å². The summed E-state index contributed by atoms with van der Waals surface area (Å²) in [6.07, 6.45) is -0.502. The number of benzene rings is 3. The molecule has 1 aliphatic rings. The molecule has 0 bridgehead atoms. The number of carbonyl (C=O) groups is 3. The van der Waals surface area contributed by atoms with E-state index in [0.717, 1.165) is 22.3 Å². The van der Waals surface area contributed by atoms with Crippen LogP contribution in [0.15, 0.2) is 78.9 Å². The van der Waals surface area contributed by atoms with Gasteiger partial charge < -0.3 is 14.8 Å². The van der Waals surface area contributed by atoms with E-state index in [2.05, 4.69) is 17.4 Å². The van der Waals surface area contributed by atoms with Crippen LogP contribution in [0.4, 0.5) is 0 Å². The lowest BCUT2D eigenvalue weighted by Gasteiger charge is -2.26.